The van der Waals surface area contributed by atoms with Crippen molar-refractivity contribution in [3.8, 4) is 0 Å². The van der Waals surface area contributed by atoms with E-state index in [0.717, 1.165) is 17.9 Å². The highest BCUT2D eigenvalue weighted by atomic mass is 35.5. The van der Waals surface area contributed by atoms with Crippen LogP contribution in [0.1, 0.15) is 12.0 Å². The standard InChI is InChI=1S/C10H13ClN2/c1-13-10(12)7-4-8-2-5-9(11)6-3-8/h2-3,5-6H,4,7H2,1H3,(H2,12,13). The van der Waals surface area contributed by atoms with Gasteiger partial charge in [-0.1, -0.05) is 23.7 Å². The molecule has 2 nitrogen and oxygen atoms in total. The van der Waals surface area contributed by atoms with Gasteiger partial charge in [-0.15, -0.1) is 0 Å². The topological polar surface area (TPSA) is 38.4 Å². The van der Waals surface area contributed by atoms with Crippen LogP contribution in [0.4, 0.5) is 0 Å². The van der Waals surface area contributed by atoms with Crippen molar-refractivity contribution in [2.24, 2.45) is 10.7 Å². The number of nitrogens with two attached hydrogens (primary N) is 1. The van der Waals surface area contributed by atoms with Crippen LogP contribution in [-0.2, 0) is 6.42 Å². The predicted molar refractivity (Wildman–Crippen MR) is 57.3 cm³/mol. The van der Waals surface area contributed by atoms with Crippen LogP contribution in [0.15, 0.2) is 29.3 Å². The molecule has 0 bridgehead atoms. The van der Waals surface area contributed by atoms with Crippen molar-refractivity contribution >= 4 is 17.4 Å². The van der Waals surface area contributed by atoms with Gasteiger partial charge in [0.05, 0.1) is 5.84 Å². The van der Waals surface area contributed by atoms with E-state index in [-0.39, 0.29) is 0 Å². The molecule has 2 N–H and O–H groups in total. The summed E-state index contributed by atoms with van der Waals surface area (Å²) in [6, 6.07) is 7.78. The molecule has 0 radical (unpaired) electrons. The molecule has 0 aromatic heterocycles. The first-order chi connectivity index (χ1) is 6.22. The van der Waals surface area contributed by atoms with Gasteiger partial charge in [-0.05, 0) is 24.1 Å². The number of hydrogen-bond donors (Lipinski definition) is 1. The predicted octanol–water partition coefficient (Wildman–Crippen LogP) is 2.26. The fraction of sp³-hybridized carbons (Fsp3) is 0.300. The monoisotopic (exact) mass is 196 g/mol. The first-order valence-electron chi connectivity index (χ1n) is 4.18. The van der Waals surface area contributed by atoms with E-state index < -0.39 is 0 Å². The second-order valence-electron chi connectivity index (χ2n) is 2.84. The Morgan fingerprint density at radius 2 is 2.00 bits per heavy atom. The molecule has 1 aromatic rings. The smallest absolute Gasteiger partial charge is 0.0936 e. The molecule has 1 rings (SSSR count). The summed E-state index contributed by atoms with van der Waals surface area (Å²) in [4.78, 5) is 3.89. The molecule has 0 saturated carbocycles. The number of halogens is 1. The summed E-state index contributed by atoms with van der Waals surface area (Å²) in [5.41, 5.74) is 6.81. The Hall–Kier alpha value is -1.02. The SMILES string of the molecule is CN=C(N)CCc1ccc(Cl)cc1. The lowest BCUT2D eigenvalue weighted by molar-refractivity contribution is 1.02. The van der Waals surface area contributed by atoms with E-state index >= 15 is 0 Å². The highest BCUT2D eigenvalue weighted by Gasteiger charge is 1.95. The van der Waals surface area contributed by atoms with Crippen molar-refractivity contribution in [2.75, 3.05) is 7.05 Å². The fourth-order valence-corrected chi connectivity index (χ4v) is 1.16. The van der Waals surface area contributed by atoms with Crippen molar-refractivity contribution in [3.63, 3.8) is 0 Å². The minimum atomic E-state index is 0.690. The number of aliphatic imine (C=N–C) groups is 1. The molecule has 0 unspecified atom stereocenters. The van der Waals surface area contributed by atoms with Crippen molar-refractivity contribution in [2.45, 2.75) is 12.8 Å². The summed E-state index contributed by atoms with van der Waals surface area (Å²) in [6.45, 7) is 0. The molecule has 0 aliphatic heterocycles. The number of benzene rings is 1. The van der Waals surface area contributed by atoms with Gasteiger partial charge in [0.1, 0.15) is 0 Å². The number of rotatable bonds is 3. The van der Waals surface area contributed by atoms with Crippen molar-refractivity contribution in [3.05, 3.63) is 34.9 Å². The Labute approximate surface area is 83.4 Å². The Kier molecular flexibility index (Phi) is 3.77. The lowest BCUT2D eigenvalue weighted by Crippen LogP contribution is -2.11. The molecule has 0 heterocycles. The van der Waals surface area contributed by atoms with Gasteiger partial charge < -0.3 is 5.73 Å². The zero-order chi connectivity index (χ0) is 9.68. The summed E-state index contributed by atoms with van der Waals surface area (Å²) in [6.07, 6.45) is 1.72. The van der Waals surface area contributed by atoms with Gasteiger partial charge >= 0.3 is 0 Å². The second-order valence-corrected chi connectivity index (χ2v) is 3.28. The Morgan fingerprint density at radius 3 is 2.54 bits per heavy atom. The zero-order valence-corrected chi connectivity index (χ0v) is 8.38. The van der Waals surface area contributed by atoms with Crippen LogP contribution < -0.4 is 5.73 Å². The van der Waals surface area contributed by atoms with Crippen LogP contribution in [0, 0.1) is 0 Å². The maximum absolute atomic E-state index is 5.75. The third kappa shape index (κ3) is 3.47. The van der Waals surface area contributed by atoms with Crippen LogP contribution in [0.3, 0.4) is 0 Å². The number of amidine groups is 1. The molecule has 0 fully saturated rings. The molecule has 0 aliphatic rings. The summed E-state index contributed by atoms with van der Waals surface area (Å²) in [7, 11) is 1.71. The quantitative estimate of drug-likeness (QED) is 0.585. The molecule has 3 heteroatoms. The van der Waals surface area contributed by atoms with Crippen molar-refractivity contribution in [1.82, 2.24) is 0 Å². The molecule has 0 spiro atoms. The third-order valence-corrected chi connectivity index (χ3v) is 2.12. The van der Waals surface area contributed by atoms with Crippen molar-refractivity contribution < 1.29 is 0 Å². The molecular weight excluding hydrogens is 184 g/mol. The average Bonchev–Trinajstić information content (AvgIpc) is 2.16. The molecule has 0 amide bonds. The summed E-state index contributed by atoms with van der Waals surface area (Å²) in [5, 5.41) is 0.765. The third-order valence-electron chi connectivity index (χ3n) is 1.87. The maximum atomic E-state index is 5.75. The van der Waals surface area contributed by atoms with Crippen LogP contribution in [-0.4, -0.2) is 12.9 Å². The Morgan fingerprint density at radius 1 is 1.38 bits per heavy atom. The molecule has 0 atom stereocenters. The van der Waals surface area contributed by atoms with Gasteiger partial charge in [0, 0.05) is 18.5 Å². The minimum absolute atomic E-state index is 0.690. The molecular formula is C10H13ClN2. The van der Waals surface area contributed by atoms with Gasteiger partial charge in [-0.3, -0.25) is 4.99 Å². The van der Waals surface area contributed by atoms with Crippen LogP contribution in [0.2, 0.25) is 5.02 Å². The number of nitrogens with zero attached hydrogens (tertiary/aromatic N) is 1. The normalized spacial score (nSPS) is 11.7. The molecule has 13 heavy (non-hydrogen) atoms. The van der Waals surface area contributed by atoms with Crippen LogP contribution in [0.25, 0.3) is 0 Å². The van der Waals surface area contributed by atoms with Crippen LogP contribution in [0.5, 0.6) is 0 Å². The van der Waals surface area contributed by atoms with Gasteiger partial charge in [0.25, 0.3) is 0 Å². The number of aryl methyl sites for hydroxylation is 1. The van der Waals surface area contributed by atoms with E-state index in [4.69, 9.17) is 17.3 Å². The summed E-state index contributed by atoms with van der Waals surface area (Å²) in [5.74, 6) is 0.690. The van der Waals surface area contributed by atoms with Gasteiger partial charge in [-0.25, -0.2) is 0 Å². The van der Waals surface area contributed by atoms with Gasteiger partial charge in [0.2, 0.25) is 0 Å². The Bertz CT molecular complexity index is 290. The molecule has 0 saturated heterocycles. The van der Waals surface area contributed by atoms with Gasteiger partial charge in [-0.2, -0.15) is 0 Å². The summed E-state index contributed by atoms with van der Waals surface area (Å²) < 4.78 is 0. The van der Waals surface area contributed by atoms with E-state index in [1.54, 1.807) is 7.05 Å². The minimum Gasteiger partial charge on any atom is -0.387 e. The maximum Gasteiger partial charge on any atom is 0.0936 e. The van der Waals surface area contributed by atoms with Crippen LogP contribution >= 0.6 is 11.6 Å². The van der Waals surface area contributed by atoms with Crippen molar-refractivity contribution in [1.29, 1.82) is 0 Å². The van der Waals surface area contributed by atoms with E-state index in [9.17, 15) is 0 Å². The lowest BCUT2D eigenvalue weighted by atomic mass is 10.1. The number of hydrogen-bond acceptors (Lipinski definition) is 1. The molecule has 1 aromatic carbocycles. The van der Waals surface area contributed by atoms with E-state index in [2.05, 4.69) is 4.99 Å². The van der Waals surface area contributed by atoms with Gasteiger partial charge in [0.15, 0.2) is 0 Å². The molecule has 0 aliphatic carbocycles. The highest BCUT2D eigenvalue weighted by Crippen LogP contribution is 2.10. The van der Waals surface area contributed by atoms with E-state index in [1.807, 2.05) is 24.3 Å². The molecule has 70 valence electrons. The highest BCUT2D eigenvalue weighted by molar-refractivity contribution is 6.30. The lowest BCUT2D eigenvalue weighted by Gasteiger charge is -2.00. The first kappa shape index (κ1) is 10.1. The Balaban J connectivity index is 2.51. The fourth-order valence-electron chi connectivity index (χ4n) is 1.04. The zero-order valence-electron chi connectivity index (χ0n) is 7.63. The first-order valence-corrected chi connectivity index (χ1v) is 4.55. The van der Waals surface area contributed by atoms with E-state index in [0.29, 0.717) is 5.84 Å². The second kappa shape index (κ2) is 4.87. The average molecular weight is 197 g/mol. The van der Waals surface area contributed by atoms with E-state index in [1.165, 1.54) is 5.56 Å². The summed E-state index contributed by atoms with van der Waals surface area (Å²) >= 11 is 5.75. The largest absolute Gasteiger partial charge is 0.387 e.